The summed E-state index contributed by atoms with van der Waals surface area (Å²) in [5.41, 5.74) is 2.62. The molecule has 0 aromatic heterocycles. The van der Waals surface area contributed by atoms with Crippen molar-refractivity contribution in [3.63, 3.8) is 0 Å². The van der Waals surface area contributed by atoms with Crippen LogP contribution in [0.25, 0.3) is 0 Å². The molecule has 4 nitrogen and oxygen atoms in total. The lowest BCUT2D eigenvalue weighted by Crippen LogP contribution is -2.40. The molecule has 0 N–H and O–H groups in total. The first kappa shape index (κ1) is 17.1. The van der Waals surface area contributed by atoms with Crippen molar-refractivity contribution >= 4 is 23.3 Å². The van der Waals surface area contributed by atoms with Gasteiger partial charge in [-0.15, -0.1) is 0 Å². The highest BCUT2D eigenvalue weighted by molar-refractivity contribution is 6.31. The van der Waals surface area contributed by atoms with E-state index in [1.165, 1.54) is 7.11 Å². The first-order valence-electron chi connectivity index (χ1n) is 7.87. The van der Waals surface area contributed by atoms with Crippen molar-refractivity contribution in [1.29, 1.82) is 0 Å². The number of halogens is 1. The van der Waals surface area contributed by atoms with Crippen LogP contribution in [0, 0.1) is 0 Å². The van der Waals surface area contributed by atoms with Crippen LogP contribution in [0.15, 0.2) is 12.1 Å². The Morgan fingerprint density at radius 2 is 2.05 bits per heavy atom. The lowest BCUT2D eigenvalue weighted by molar-refractivity contribution is 0.0599. The van der Waals surface area contributed by atoms with Gasteiger partial charge in [-0.2, -0.15) is 0 Å². The SMILES string of the molecule is CCc1c(C(=O)OC)cc(Cl)cc1N(CC)C1CCOCC1. The Labute approximate surface area is 137 Å². The molecule has 122 valence electrons. The zero-order valence-corrected chi connectivity index (χ0v) is 14.3. The quantitative estimate of drug-likeness (QED) is 0.774. The van der Waals surface area contributed by atoms with E-state index in [4.69, 9.17) is 21.1 Å². The summed E-state index contributed by atoms with van der Waals surface area (Å²) in [6, 6.07) is 4.09. The molecule has 1 fully saturated rings. The van der Waals surface area contributed by atoms with E-state index < -0.39 is 0 Å². The second kappa shape index (κ2) is 7.84. The summed E-state index contributed by atoms with van der Waals surface area (Å²) in [4.78, 5) is 14.4. The summed E-state index contributed by atoms with van der Waals surface area (Å²) >= 11 is 6.26. The Morgan fingerprint density at radius 3 is 2.59 bits per heavy atom. The Bertz CT molecular complexity index is 527. The van der Waals surface area contributed by atoms with Crippen molar-refractivity contribution in [2.75, 3.05) is 31.8 Å². The molecule has 1 aromatic rings. The van der Waals surface area contributed by atoms with Crippen LogP contribution >= 0.6 is 11.6 Å². The minimum absolute atomic E-state index is 0.330. The Kier molecular flexibility index (Phi) is 6.09. The predicted octanol–water partition coefficient (Wildman–Crippen LogP) is 3.69. The van der Waals surface area contributed by atoms with Crippen LogP contribution in [0.4, 0.5) is 5.69 Å². The summed E-state index contributed by atoms with van der Waals surface area (Å²) in [7, 11) is 1.40. The van der Waals surface area contributed by atoms with Gasteiger partial charge in [-0.1, -0.05) is 18.5 Å². The van der Waals surface area contributed by atoms with Crippen molar-refractivity contribution in [1.82, 2.24) is 0 Å². The van der Waals surface area contributed by atoms with Crippen LogP contribution in [0.5, 0.6) is 0 Å². The van der Waals surface area contributed by atoms with Gasteiger partial charge < -0.3 is 14.4 Å². The van der Waals surface area contributed by atoms with E-state index in [1.54, 1.807) is 6.07 Å². The van der Waals surface area contributed by atoms with E-state index >= 15 is 0 Å². The Hall–Kier alpha value is -1.26. The van der Waals surface area contributed by atoms with Gasteiger partial charge in [0.15, 0.2) is 0 Å². The van der Waals surface area contributed by atoms with Gasteiger partial charge in [0.1, 0.15) is 0 Å². The molecule has 5 heteroatoms. The molecule has 1 aromatic carbocycles. The molecule has 22 heavy (non-hydrogen) atoms. The third kappa shape index (κ3) is 3.55. The van der Waals surface area contributed by atoms with Gasteiger partial charge in [-0.25, -0.2) is 4.79 Å². The van der Waals surface area contributed by atoms with Gasteiger partial charge in [0.05, 0.1) is 12.7 Å². The Balaban J connectivity index is 2.46. The number of hydrogen-bond acceptors (Lipinski definition) is 4. The van der Waals surface area contributed by atoms with Gasteiger partial charge in [0.25, 0.3) is 0 Å². The Morgan fingerprint density at radius 1 is 1.36 bits per heavy atom. The smallest absolute Gasteiger partial charge is 0.338 e. The number of benzene rings is 1. The maximum atomic E-state index is 12.1. The summed E-state index contributed by atoms with van der Waals surface area (Å²) in [5.74, 6) is -0.330. The monoisotopic (exact) mass is 325 g/mol. The molecule has 1 saturated heterocycles. The average molecular weight is 326 g/mol. The van der Waals surface area contributed by atoms with Crippen LogP contribution in [0.3, 0.4) is 0 Å². The average Bonchev–Trinajstić information content (AvgIpc) is 2.55. The molecule has 0 amide bonds. The van der Waals surface area contributed by atoms with E-state index in [0.717, 1.165) is 50.3 Å². The fourth-order valence-electron chi connectivity index (χ4n) is 3.16. The molecule has 0 unspecified atom stereocenters. The topological polar surface area (TPSA) is 38.8 Å². The fraction of sp³-hybridized carbons (Fsp3) is 0.588. The number of rotatable bonds is 5. The van der Waals surface area contributed by atoms with E-state index in [2.05, 4.69) is 18.7 Å². The first-order valence-corrected chi connectivity index (χ1v) is 8.25. The lowest BCUT2D eigenvalue weighted by Gasteiger charge is -2.37. The molecule has 2 rings (SSSR count). The highest BCUT2D eigenvalue weighted by atomic mass is 35.5. The number of esters is 1. The number of ether oxygens (including phenoxy) is 2. The van der Waals surface area contributed by atoms with Gasteiger partial charge in [-0.05, 0) is 43.9 Å². The van der Waals surface area contributed by atoms with Crippen molar-refractivity contribution in [2.24, 2.45) is 0 Å². The molecule has 0 atom stereocenters. The van der Waals surface area contributed by atoms with Crippen LogP contribution in [-0.2, 0) is 15.9 Å². The molecule has 0 bridgehead atoms. The molecule has 1 heterocycles. The van der Waals surface area contributed by atoms with Crippen LogP contribution in [0.2, 0.25) is 5.02 Å². The van der Waals surface area contributed by atoms with Crippen molar-refractivity contribution in [3.05, 3.63) is 28.3 Å². The maximum absolute atomic E-state index is 12.1. The predicted molar refractivity (Wildman–Crippen MR) is 89.0 cm³/mol. The molecule has 0 radical (unpaired) electrons. The minimum Gasteiger partial charge on any atom is -0.465 e. The number of nitrogens with zero attached hydrogens (tertiary/aromatic N) is 1. The molecule has 1 aliphatic heterocycles. The number of hydrogen-bond donors (Lipinski definition) is 0. The molecule has 1 aliphatic rings. The maximum Gasteiger partial charge on any atom is 0.338 e. The van der Waals surface area contributed by atoms with Crippen LogP contribution in [0.1, 0.15) is 42.6 Å². The molecular formula is C17H24ClNO3. The highest BCUT2D eigenvalue weighted by Gasteiger charge is 2.25. The van der Waals surface area contributed by atoms with E-state index in [1.807, 2.05) is 6.07 Å². The standard InChI is InChI=1S/C17H24ClNO3/c1-4-14-15(17(20)21-3)10-12(18)11-16(14)19(5-2)13-6-8-22-9-7-13/h10-11,13H,4-9H2,1-3H3. The molecule has 0 aliphatic carbocycles. The largest absolute Gasteiger partial charge is 0.465 e. The van der Waals surface area contributed by atoms with E-state index in [0.29, 0.717) is 16.6 Å². The lowest BCUT2D eigenvalue weighted by atomic mass is 9.99. The number of carbonyl (C=O) groups is 1. The highest BCUT2D eigenvalue weighted by Crippen LogP contribution is 2.32. The third-order valence-corrected chi connectivity index (χ3v) is 4.45. The number of anilines is 1. The van der Waals surface area contributed by atoms with E-state index in [-0.39, 0.29) is 5.97 Å². The summed E-state index contributed by atoms with van der Waals surface area (Å²) in [6.07, 6.45) is 2.75. The second-order valence-corrected chi connectivity index (χ2v) is 5.86. The van der Waals surface area contributed by atoms with Crippen molar-refractivity contribution in [3.8, 4) is 0 Å². The van der Waals surface area contributed by atoms with Crippen molar-refractivity contribution in [2.45, 2.75) is 39.2 Å². The fourth-order valence-corrected chi connectivity index (χ4v) is 3.38. The molecular weight excluding hydrogens is 302 g/mol. The van der Waals surface area contributed by atoms with Crippen LogP contribution < -0.4 is 4.90 Å². The van der Waals surface area contributed by atoms with Crippen molar-refractivity contribution < 1.29 is 14.3 Å². The van der Waals surface area contributed by atoms with Gasteiger partial charge in [0.2, 0.25) is 0 Å². The summed E-state index contributed by atoms with van der Waals surface area (Å²) in [6.45, 7) is 6.63. The normalized spacial score (nSPS) is 15.6. The summed E-state index contributed by atoms with van der Waals surface area (Å²) in [5, 5.41) is 0.568. The van der Waals surface area contributed by atoms with Gasteiger partial charge >= 0.3 is 5.97 Å². The van der Waals surface area contributed by atoms with E-state index in [9.17, 15) is 4.79 Å². The van der Waals surface area contributed by atoms with Crippen LogP contribution in [-0.4, -0.2) is 38.9 Å². The second-order valence-electron chi connectivity index (χ2n) is 5.43. The van der Waals surface area contributed by atoms with Gasteiger partial charge in [0, 0.05) is 36.5 Å². The van der Waals surface area contributed by atoms with Gasteiger partial charge in [-0.3, -0.25) is 0 Å². The number of methoxy groups -OCH3 is 1. The minimum atomic E-state index is -0.330. The summed E-state index contributed by atoms with van der Waals surface area (Å²) < 4.78 is 10.4. The zero-order valence-electron chi connectivity index (χ0n) is 13.5. The molecule has 0 spiro atoms. The zero-order chi connectivity index (χ0) is 16.1. The third-order valence-electron chi connectivity index (χ3n) is 4.23. The molecule has 0 saturated carbocycles. The number of carbonyl (C=O) groups excluding carboxylic acids is 1. The first-order chi connectivity index (χ1) is 10.6.